The summed E-state index contributed by atoms with van der Waals surface area (Å²) in [6.45, 7) is 1.23. The molecule has 9 nitrogen and oxygen atoms in total. The van der Waals surface area contributed by atoms with Gasteiger partial charge in [0.2, 0.25) is 0 Å². The van der Waals surface area contributed by atoms with Crippen LogP contribution in [0.4, 0.5) is 5.69 Å². The molecule has 152 valence electrons. The van der Waals surface area contributed by atoms with Gasteiger partial charge in [-0.05, 0) is 25.0 Å². The highest BCUT2D eigenvalue weighted by atomic mass is 32.1. The number of nitrogens with one attached hydrogen (secondary N) is 1. The topological polar surface area (TPSA) is 113 Å². The number of benzene rings is 1. The minimum Gasteiger partial charge on any atom is -0.494 e. The molecule has 1 N–H and O–H groups in total. The standard InChI is InChI=1S/C19H20N4O5S/c1-27-13-8-4-3-7-12(13)21-22-16(19(26)23-9-5-6-10-23)18-20-17(25)14(29-18)11-15(24)28-2/h3-4,7-8,11H,5-6,9-10H2,1-2H3,(H,20,25)/b14-11?,18-16+,22-21?. The number of rotatable bonds is 5. The quantitative estimate of drug-likeness (QED) is 0.575. The molecule has 10 heteroatoms. The van der Waals surface area contributed by atoms with Crippen molar-refractivity contribution in [3.8, 4) is 5.75 Å². The molecule has 3 rings (SSSR count). The molecule has 1 aromatic carbocycles. The lowest BCUT2D eigenvalue weighted by atomic mass is 10.3. The van der Waals surface area contributed by atoms with Crippen molar-refractivity contribution in [2.75, 3.05) is 27.3 Å². The van der Waals surface area contributed by atoms with Gasteiger partial charge in [0, 0.05) is 19.2 Å². The maximum atomic E-state index is 13.0. The smallest absolute Gasteiger partial charge is 0.332 e. The van der Waals surface area contributed by atoms with Crippen molar-refractivity contribution in [1.29, 1.82) is 0 Å². The number of likely N-dealkylation sites (tertiary alicyclic amines) is 1. The van der Waals surface area contributed by atoms with E-state index >= 15 is 0 Å². The van der Waals surface area contributed by atoms with Crippen LogP contribution in [0.15, 0.2) is 39.3 Å². The first-order valence-electron chi connectivity index (χ1n) is 8.90. The third kappa shape index (κ3) is 4.77. The second-order valence-corrected chi connectivity index (χ2v) is 7.19. The molecule has 1 aliphatic rings. The minimum atomic E-state index is -0.660. The number of H-pyrrole nitrogens is 1. The molecule has 2 aromatic rings. The van der Waals surface area contributed by atoms with Crippen LogP contribution in [-0.4, -0.2) is 49.1 Å². The number of azo groups is 1. The summed E-state index contributed by atoms with van der Waals surface area (Å²) in [6, 6.07) is 7.00. The molecule has 1 saturated heterocycles. The number of aromatic amines is 1. The molecule has 1 aliphatic heterocycles. The molecule has 0 atom stereocenters. The van der Waals surface area contributed by atoms with Gasteiger partial charge in [0.25, 0.3) is 11.5 Å². The van der Waals surface area contributed by atoms with Gasteiger partial charge >= 0.3 is 5.97 Å². The van der Waals surface area contributed by atoms with E-state index in [-0.39, 0.29) is 20.8 Å². The van der Waals surface area contributed by atoms with Crippen molar-refractivity contribution < 1.29 is 19.1 Å². The van der Waals surface area contributed by atoms with Gasteiger partial charge in [-0.15, -0.1) is 21.6 Å². The normalized spacial score (nSPS) is 15.7. The number of esters is 1. The number of nitrogens with zero attached hydrogens (tertiary/aromatic N) is 3. The van der Waals surface area contributed by atoms with E-state index in [4.69, 9.17) is 4.74 Å². The Morgan fingerprint density at radius 3 is 2.62 bits per heavy atom. The Labute approximate surface area is 170 Å². The number of hydrogen-bond donors (Lipinski definition) is 1. The molecule has 0 bridgehead atoms. The van der Waals surface area contributed by atoms with Crippen molar-refractivity contribution in [2.24, 2.45) is 10.2 Å². The molecule has 0 spiro atoms. The summed E-state index contributed by atoms with van der Waals surface area (Å²) < 4.78 is 10.2. The fraction of sp³-hybridized carbons (Fsp3) is 0.316. The predicted molar refractivity (Wildman–Crippen MR) is 107 cm³/mol. The highest BCUT2D eigenvalue weighted by molar-refractivity contribution is 7.07. The van der Waals surface area contributed by atoms with Gasteiger partial charge in [0.15, 0.2) is 5.70 Å². The largest absolute Gasteiger partial charge is 0.494 e. The third-order valence-corrected chi connectivity index (χ3v) is 5.29. The van der Waals surface area contributed by atoms with Crippen molar-refractivity contribution in [3.05, 3.63) is 43.8 Å². The van der Waals surface area contributed by atoms with Gasteiger partial charge in [0.1, 0.15) is 20.6 Å². The first kappa shape index (κ1) is 20.5. The summed E-state index contributed by atoms with van der Waals surface area (Å²) in [5, 5.41) is 8.31. The van der Waals surface area contributed by atoms with Gasteiger partial charge < -0.3 is 19.4 Å². The highest BCUT2D eigenvalue weighted by Crippen LogP contribution is 2.27. The van der Waals surface area contributed by atoms with Gasteiger partial charge in [-0.2, -0.15) is 0 Å². The van der Waals surface area contributed by atoms with Crippen LogP contribution in [0.1, 0.15) is 12.8 Å². The number of thiazole rings is 1. The van der Waals surface area contributed by atoms with Gasteiger partial charge in [-0.1, -0.05) is 12.1 Å². The first-order valence-corrected chi connectivity index (χ1v) is 9.72. The average molecular weight is 416 g/mol. The molecule has 0 radical (unpaired) electrons. The van der Waals surface area contributed by atoms with Gasteiger partial charge in [-0.25, -0.2) is 4.79 Å². The number of para-hydroxylation sites is 1. The Hall–Kier alpha value is -3.27. The van der Waals surface area contributed by atoms with E-state index in [9.17, 15) is 14.4 Å². The van der Waals surface area contributed by atoms with Crippen LogP contribution in [0, 0.1) is 0 Å². The maximum Gasteiger partial charge on any atom is 0.332 e. The Bertz CT molecular complexity index is 1110. The summed E-state index contributed by atoms with van der Waals surface area (Å²) in [7, 11) is 2.73. The van der Waals surface area contributed by atoms with E-state index in [0.717, 1.165) is 30.3 Å². The number of hydrogen-bond acceptors (Lipinski definition) is 8. The minimum absolute atomic E-state index is 0.00409. The van der Waals surface area contributed by atoms with E-state index in [1.807, 2.05) is 0 Å². The van der Waals surface area contributed by atoms with Crippen LogP contribution in [0.5, 0.6) is 5.75 Å². The lowest BCUT2D eigenvalue weighted by Crippen LogP contribution is -2.31. The molecular formula is C19H20N4O5S. The first-order chi connectivity index (χ1) is 14.0. The molecular weight excluding hydrogens is 396 g/mol. The molecule has 2 heterocycles. The van der Waals surface area contributed by atoms with Crippen LogP contribution < -0.4 is 19.5 Å². The SMILES string of the molecule is COC(=O)C=c1s/c(=C(/N=Nc2ccccc2OC)C(=O)N2CCCC2)[nH]c1=O. The molecule has 0 unspecified atom stereocenters. The zero-order valence-corrected chi connectivity index (χ0v) is 16.8. The number of aromatic nitrogens is 1. The van der Waals surface area contributed by atoms with E-state index in [1.165, 1.54) is 14.2 Å². The molecule has 1 fully saturated rings. The zero-order valence-electron chi connectivity index (χ0n) is 16.0. The molecule has 0 aliphatic carbocycles. The second kappa shape index (κ2) is 9.28. The van der Waals surface area contributed by atoms with Crippen LogP contribution in [-0.2, 0) is 14.3 Å². The fourth-order valence-electron chi connectivity index (χ4n) is 2.79. The molecule has 29 heavy (non-hydrogen) atoms. The molecule has 0 saturated carbocycles. The summed E-state index contributed by atoms with van der Waals surface area (Å²) in [5.74, 6) is -0.487. The van der Waals surface area contributed by atoms with Crippen LogP contribution >= 0.6 is 11.3 Å². The Balaban J connectivity index is 2.12. The zero-order chi connectivity index (χ0) is 20.8. The van der Waals surface area contributed by atoms with Crippen LogP contribution in [0.25, 0.3) is 11.8 Å². The van der Waals surface area contributed by atoms with Crippen LogP contribution in [0.2, 0.25) is 0 Å². The molecule has 1 aromatic heterocycles. The monoisotopic (exact) mass is 416 g/mol. The Morgan fingerprint density at radius 2 is 1.93 bits per heavy atom. The number of methoxy groups -OCH3 is 2. The highest BCUT2D eigenvalue weighted by Gasteiger charge is 2.23. The lowest BCUT2D eigenvalue weighted by molar-refractivity contribution is -0.133. The number of carbonyl (C=O) groups is 2. The summed E-state index contributed by atoms with van der Waals surface area (Å²) in [6.07, 6.45) is 2.89. The maximum absolute atomic E-state index is 13.0. The van der Waals surface area contributed by atoms with Crippen molar-refractivity contribution >= 4 is 40.7 Å². The summed E-state index contributed by atoms with van der Waals surface area (Å²) in [5.41, 5.74) is -0.0546. The van der Waals surface area contributed by atoms with Gasteiger partial charge in [0.05, 0.1) is 14.2 Å². The van der Waals surface area contributed by atoms with Crippen molar-refractivity contribution in [2.45, 2.75) is 12.8 Å². The van der Waals surface area contributed by atoms with Crippen molar-refractivity contribution in [1.82, 2.24) is 9.88 Å². The lowest BCUT2D eigenvalue weighted by Gasteiger charge is -2.14. The van der Waals surface area contributed by atoms with Gasteiger partial charge in [-0.3, -0.25) is 9.59 Å². The van der Waals surface area contributed by atoms with E-state index in [1.54, 1.807) is 29.2 Å². The van der Waals surface area contributed by atoms with E-state index in [2.05, 4.69) is 19.9 Å². The molecule has 1 amide bonds. The van der Waals surface area contributed by atoms with E-state index < -0.39 is 11.5 Å². The Morgan fingerprint density at radius 1 is 1.21 bits per heavy atom. The van der Waals surface area contributed by atoms with E-state index in [0.29, 0.717) is 24.5 Å². The Kier molecular flexibility index (Phi) is 6.55. The number of ether oxygens (including phenoxy) is 2. The summed E-state index contributed by atoms with van der Waals surface area (Å²) >= 11 is 0.950. The van der Waals surface area contributed by atoms with Crippen LogP contribution in [0.3, 0.4) is 0 Å². The summed E-state index contributed by atoms with van der Waals surface area (Å²) in [4.78, 5) is 40.9. The average Bonchev–Trinajstić information content (AvgIpc) is 3.39. The number of amides is 1. The third-order valence-electron chi connectivity index (χ3n) is 4.27. The van der Waals surface area contributed by atoms with Crippen molar-refractivity contribution in [3.63, 3.8) is 0 Å². The number of carbonyl (C=O) groups excluding carboxylic acids is 2. The predicted octanol–water partition coefficient (Wildman–Crippen LogP) is 0.913. The fourth-order valence-corrected chi connectivity index (χ4v) is 3.67. The second-order valence-electron chi connectivity index (χ2n) is 6.14.